The molecule has 134 valence electrons. The Labute approximate surface area is 154 Å². The first kappa shape index (κ1) is 16.9. The van der Waals surface area contributed by atoms with Crippen LogP contribution < -0.4 is 0 Å². The van der Waals surface area contributed by atoms with E-state index in [1.54, 1.807) is 0 Å². The zero-order chi connectivity index (χ0) is 17.9. The average Bonchev–Trinajstić information content (AvgIpc) is 3.10. The summed E-state index contributed by atoms with van der Waals surface area (Å²) in [6, 6.07) is 20.5. The Morgan fingerprint density at radius 1 is 1.08 bits per heavy atom. The smallest absolute Gasteiger partial charge is 0.223 e. The molecule has 0 radical (unpaired) electrons. The van der Waals surface area contributed by atoms with E-state index in [1.165, 1.54) is 5.56 Å². The number of likely N-dealkylation sites (N-methyl/N-ethyl adjacent to an activating group) is 1. The molecule has 2 heterocycles. The van der Waals surface area contributed by atoms with Gasteiger partial charge in [0.05, 0.1) is 6.04 Å². The third-order valence-electron chi connectivity index (χ3n) is 5.15. The number of rotatable bonds is 4. The molecule has 0 saturated carbocycles. The van der Waals surface area contributed by atoms with E-state index in [0.717, 1.165) is 36.4 Å². The lowest BCUT2D eigenvalue weighted by molar-refractivity contribution is -0.136. The Kier molecular flexibility index (Phi) is 4.76. The lowest BCUT2D eigenvalue weighted by Crippen LogP contribution is -2.49. The van der Waals surface area contributed by atoms with Crippen LogP contribution in [-0.2, 0) is 11.2 Å². The molecule has 4 rings (SSSR count). The van der Waals surface area contributed by atoms with Crippen molar-refractivity contribution < 1.29 is 9.21 Å². The van der Waals surface area contributed by atoms with Gasteiger partial charge in [-0.3, -0.25) is 4.79 Å². The van der Waals surface area contributed by atoms with Gasteiger partial charge in [0, 0.05) is 37.9 Å². The molecule has 1 aromatic heterocycles. The molecule has 26 heavy (non-hydrogen) atoms. The van der Waals surface area contributed by atoms with Crippen LogP contribution in [0.3, 0.4) is 0 Å². The minimum atomic E-state index is 0.123. The first-order valence-corrected chi connectivity index (χ1v) is 9.21. The zero-order valence-corrected chi connectivity index (χ0v) is 15.1. The number of furan rings is 1. The van der Waals surface area contributed by atoms with Gasteiger partial charge in [0.1, 0.15) is 11.3 Å². The highest BCUT2D eigenvalue weighted by molar-refractivity contribution is 5.79. The van der Waals surface area contributed by atoms with Crippen LogP contribution >= 0.6 is 0 Å². The number of fused-ring (bicyclic) bond motifs is 1. The Morgan fingerprint density at radius 3 is 2.65 bits per heavy atom. The van der Waals surface area contributed by atoms with Crippen molar-refractivity contribution in [3.63, 3.8) is 0 Å². The first-order valence-electron chi connectivity index (χ1n) is 9.21. The van der Waals surface area contributed by atoms with Crippen LogP contribution in [0.2, 0.25) is 0 Å². The molecule has 0 N–H and O–H groups in total. The van der Waals surface area contributed by atoms with E-state index in [0.29, 0.717) is 12.8 Å². The van der Waals surface area contributed by atoms with E-state index in [2.05, 4.69) is 24.1 Å². The topological polar surface area (TPSA) is 36.7 Å². The van der Waals surface area contributed by atoms with E-state index in [1.807, 2.05) is 53.4 Å². The van der Waals surface area contributed by atoms with Gasteiger partial charge < -0.3 is 14.2 Å². The molecular weight excluding hydrogens is 324 g/mol. The van der Waals surface area contributed by atoms with Crippen molar-refractivity contribution >= 4 is 16.9 Å². The Bertz CT molecular complexity index is 854. The summed E-state index contributed by atoms with van der Waals surface area (Å²) in [6.07, 6.45) is 1.12. The van der Waals surface area contributed by atoms with Crippen molar-refractivity contribution in [2.45, 2.75) is 18.9 Å². The number of hydrogen-bond acceptors (Lipinski definition) is 3. The molecule has 0 spiro atoms. The predicted octanol–water partition coefficient (Wildman–Crippen LogP) is 3.88. The minimum absolute atomic E-state index is 0.123. The quantitative estimate of drug-likeness (QED) is 0.718. The second-order valence-electron chi connectivity index (χ2n) is 7.03. The number of carbonyl (C=O) groups is 1. The molecule has 1 atom stereocenters. The van der Waals surface area contributed by atoms with Crippen LogP contribution in [0.5, 0.6) is 0 Å². The van der Waals surface area contributed by atoms with Gasteiger partial charge in [-0.25, -0.2) is 0 Å². The van der Waals surface area contributed by atoms with E-state index < -0.39 is 0 Å². The molecule has 4 nitrogen and oxygen atoms in total. The normalized spacial score (nSPS) is 18.3. The summed E-state index contributed by atoms with van der Waals surface area (Å²) < 4.78 is 5.86. The molecular formula is C22H24N2O2. The van der Waals surface area contributed by atoms with Crippen molar-refractivity contribution in [2.24, 2.45) is 0 Å². The Morgan fingerprint density at radius 2 is 1.85 bits per heavy atom. The fourth-order valence-electron chi connectivity index (χ4n) is 3.71. The van der Waals surface area contributed by atoms with Crippen LogP contribution in [0.4, 0.5) is 0 Å². The van der Waals surface area contributed by atoms with Crippen LogP contribution in [-0.4, -0.2) is 42.4 Å². The van der Waals surface area contributed by atoms with Crippen molar-refractivity contribution in [3.8, 4) is 0 Å². The second kappa shape index (κ2) is 7.34. The van der Waals surface area contributed by atoms with Gasteiger partial charge in [0.25, 0.3) is 0 Å². The van der Waals surface area contributed by atoms with Gasteiger partial charge in [-0.15, -0.1) is 0 Å². The van der Waals surface area contributed by atoms with Crippen molar-refractivity contribution in [1.29, 1.82) is 0 Å². The maximum Gasteiger partial charge on any atom is 0.223 e. The highest BCUT2D eigenvalue weighted by atomic mass is 16.3. The summed E-state index contributed by atoms with van der Waals surface area (Å²) in [5.74, 6) is 1.08. The minimum Gasteiger partial charge on any atom is -0.461 e. The maximum absolute atomic E-state index is 12.9. The van der Waals surface area contributed by atoms with Crippen LogP contribution in [0.25, 0.3) is 11.0 Å². The van der Waals surface area contributed by atoms with E-state index in [-0.39, 0.29) is 11.9 Å². The molecule has 2 aromatic carbocycles. The molecule has 1 aliphatic rings. The molecule has 1 aliphatic heterocycles. The van der Waals surface area contributed by atoms with Gasteiger partial charge in [0.2, 0.25) is 5.91 Å². The van der Waals surface area contributed by atoms with Gasteiger partial charge in [-0.05, 0) is 24.7 Å². The van der Waals surface area contributed by atoms with Gasteiger partial charge in [-0.1, -0.05) is 48.5 Å². The average molecular weight is 348 g/mol. The number of para-hydroxylation sites is 1. The van der Waals surface area contributed by atoms with E-state index in [9.17, 15) is 4.79 Å². The van der Waals surface area contributed by atoms with E-state index >= 15 is 0 Å². The number of hydrogen-bond donors (Lipinski definition) is 0. The largest absolute Gasteiger partial charge is 0.461 e. The number of carbonyl (C=O) groups excluding carboxylic acids is 1. The lowest BCUT2D eigenvalue weighted by atomic mass is 10.0. The summed E-state index contributed by atoms with van der Waals surface area (Å²) >= 11 is 0. The van der Waals surface area contributed by atoms with E-state index in [4.69, 9.17) is 4.42 Å². The summed E-state index contributed by atoms with van der Waals surface area (Å²) in [4.78, 5) is 17.3. The Hall–Kier alpha value is -2.59. The molecule has 4 heteroatoms. The SMILES string of the molecule is CN1CCN(C(=O)CCc2cc3ccccc3o2)[C@H](c2ccccc2)C1. The molecule has 0 aliphatic carbocycles. The highest BCUT2D eigenvalue weighted by Gasteiger charge is 2.29. The molecule has 0 unspecified atom stereocenters. The van der Waals surface area contributed by atoms with Gasteiger partial charge in [-0.2, -0.15) is 0 Å². The van der Waals surface area contributed by atoms with Crippen molar-refractivity contribution in [1.82, 2.24) is 9.80 Å². The predicted molar refractivity (Wildman–Crippen MR) is 103 cm³/mol. The highest BCUT2D eigenvalue weighted by Crippen LogP contribution is 2.26. The first-order chi connectivity index (χ1) is 12.7. The lowest BCUT2D eigenvalue weighted by Gasteiger charge is -2.40. The molecule has 1 amide bonds. The molecule has 1 fully saturated rings. The molecule has 3 aromatic rings. The molecule has 1 saturated heterocycles. The fraction of sp³-hybridized carbons (Fsp3) is 0.318. The van der Waals surface area contributed by atoms with Gasteiger partial charge in [0.15, 0.2) is 0 Å². The third kappa shape index (κ3) is 3.51. The summed E-state index contributed by atoms with van der Waals surface area (Å²) in [7, 11) is 2.12. The number of amides is 1. The molecule has 0 bridgehead atoms. The van der Waals surface area contributed by atoms with Crippen molar-refractivity contribution in [3.05, 3.63) is 72.0 Å². The van der Waals surface area contributed by atoms with Gasteiger partial charge >= 0.3 is 0 Å². The summed E-state index contributed by atoms with van der Waals surface area (Å²) in [6.45, 7) is 2.56. The number of piperazine rings is 1. The summed E-state index contributed by atoms with van der Waals surface area (Å²) in [5.41, 5.74) is 2.09. The van der Waals surface area contributed by atoms with Crippen LogP contribution in [0, 0.1) is 0 Å². The number of aryl methyl sites for hydroxylation is 1. The Balaban J connectivity index is 1.46. The standard InChI is InChI=1S/C22H24N2O2/c1-23-13-14-24(20(16-23)17-7-3-2-4-8-17)22(25)12-11-19-15-18-9-5-6-10-21(18)26-19/h2-10,15,20H,11-14,16H2,1H3/t20-/m0/s1. The fourth-order valence-corrected chi connectivity index (χ4v) is 3.71. The maximum atomic E-state index is 12.9. The monoisotopic (exact) mass is 348 g/mol. The van der Waals surface area contributed by atoms with Crippen LogP contribution in [0.1, 0.15) is 23.8 Å². The number of benzene rings is 2. The zero-order valence-electron chi connectivity index (χ0n) is 15.1. The number of nitrogens with zero attached hydrogens (tertiary/aromatic N) is 2. The van der Waals surface area contributed by atoms with Crippen molar-refractivity contribution in [2.75, 3.05) is 26.7 Å². The third-order valence-corrected chi connectivity index (χ3v) is 5.15. The summed E-state index contributed by atoms with van der Waals surface area (Å²) in [5, 5.41) is 1.09. The second-order valence-corrected chi connectivity index (χ2v) is 7.03. The van der Waals surface area contributed by atoms with Crippen LogP contribution in [0.15, 0.2) is 65.1 Å².